The largest absolute Gasteiger partial charge is 0.354 e. The molecule has 3 heterocycles. The van der Waals surface area contributed by atoms with Crippen molar-refractivity contribution in [1.29, 1.82) is 0 Å². The number of fused-ring (bicyclic) bond motifs is 1. The lowest BCUT2D eigenvalue weighted by Crippen LogP contribution is -2.43. The molecule has 1 aliphatic heterocycles. The van der Waals surface area contributed by atoms with Gasteiger partial charge in [0.25, 0.3) is 0 Å². The molecule has 0 radical (unpaired) electrons. The van der Waals surface area contributed by atoms with E-state index >= 15 is 0 Å². The Balaban J connectivity index is 1.40. The molecule has 1 aromatic carbocycles. The summed E-state index contributed by atoms with van der Waals surface area (Å²) in [6, 6.07) is 10.7. The number of nitrogens with one attached hydrogen (secondary N) is 2. The zero-order valence-corrected chi connectivity index (χ0v) is 13.9. The predicted molar refractivity (Wildman–Crippen MR) is 96.4 cm³/mol. The number of pyridine rings is 1. The number of benzene rings is 1. The molecule has 24 heavy (non-hydrogen) atoms. The second-order valence-electron chi connectivity index (χ2n) is 6.43. The molecule has 124 valence electrons. The van der Waals surface area contributed by atoms with Gasteiger partial charge in [0.2, 0.25) is 0 Å². The number of piperazine rings is 1. The summed E-state index contributed by atoms with van der Waals surface area (Å²) in [5.74, 6) is 0. The monoisotopic (exact) mass is 322 g/mol. The van der Waals surface area contributed by atoms with Gasteiger partial charge in [0, 0.05) is 43.8 Å². The van der Waals surface area contributed by atoms with Gasteiger partial charge in [-0.25, -0.2) is 4.98 Å². The number of likely N-dealkylation sites (N-methyl/N-ethyl adjacent to an activating group) is 1. The standard InChI is InChI=1S/C18H22N6/c1-23-6-8-24(9-7-23)13-14-2-4-16(5-3-14)21-17-10-15-11-20-22-18(15)19-12-17/h2-5,10-12,21H,6-9,13H2,1H3,(H,19,20,22). The van der Waals surface area contributed by atoms with Gasteiger partial charge < -0.3 is 10.2 Å². The Bertz CT molecular complexity index is 802. The summed E-state index contributed by atoms with van der Waals surface area (Å²) in [6.45, 7) is 5.63. The molecule has 6 nitrogen and oxygen atoms in total. The Morgan fingerprint density at radius 2 is 1.83 bits per heavy atom. The fraction of sp³-hybridized carbons (Fsp3) is 0.333. The third-order valence-corrected chi connectivity index (χ3v) is 4.54. The minimum atomic E-state index is 0.808. The Labute approximate surface area is 141 Å². The van der Waals surface area contributed by atoms with Gasteiger partial charge in [-0.1, -0.05) is 12.1 Å². The predicted octanol–water partition coefficient (Wildman–Crippen LogP) is 2.45. The quantitative estimate of drug-likeness (QED) is 0.773. The Morgan fingerprint density at radius 1 is 1.04 bits per heavy atom. The number of aromatic nitrogens is 3. The average Bonchev–Trinajstić information content (AvgIpc) is 3.06. The molecule has 0 unspecified atom stereocenters. The van der Waals surface area contributed by atoms with E-state index in [0.717, 1.165) is 55.1 Å². The number of hydrogen-bond donors (Lipinski definition) is 2. The van der Waals surface area contributed by atoms with Gasteiger partial charge in [-0.15, -0.1) is 0 Å². The highest BCUT2D eigenvalue weighted by molar-refractivity contribution is 5.78. The van der Waals surface area contributed by atoms with Crippen molar-refractivity contribution < 1.29 is 0 Å². The summed E-state index contributed by atoms with van der Waals surface area (Å²) < 4.78 is 0. The van der Waals surface area contributed by atoms with Crippen LogP contribution >= 0.6 is 0 Å². The van der Waals surface area contributed by atoms with Crippen LogP contribution < -0.4 is 5.32 Å². The molecule has 2 N–H and O–H groups in total. The molecule has 2 aromatic heterocycles. The second-order valence-corrected chi connectivity index (χ2v) is 6.43. The SMILES string of the molecule is CN1CCN(Cc2ccc(Nc3cnc4[nH]ncc4c3)cc2)CC1. The van der Waals surface area contributed by atoms with Crippen molar-refractivity contribution in [3.8, 4) is 0 Å². The maximum absolute atomic E-state index is 4.35. The molecule has 0 spiro atoms. The van der Waals surface area contributed by atoms with Gasteiger partial charge in [0.1, 0.15) is 0 Å². The van der Waals surface area contributed by atoms with Crippen LogP contribution in [0.2, 0.25) is 0 Å². The minimum absolute atomic E-state index is 0.808. The normalized spacial score (nSPS) is 16.5. The molecule has 0 saturated carbocycles. The van der Waals surface area contributed by atoms with Crippen LogP contribution in [0.5, 0.6) is 0 Å². The smallest absolute Gasteiger partial charge is 0.155 e. The van der Waals surface area contributed by atoms with Gasteiger partial charge >= 0.3 is 0 Å². The second kappa shape index (κ2) is 6.59. The minimum Gasteiger partial charge on any atom is -0.354 e. The van der Waals surface area contributed by atoms with Crippen LogP contribution in [-0.2, 0) is 6.54 Å². The Morgan fingerprint density at radius 3 is 2.62 bits per heavy atom. The first-order valence-electron chi connectivity index (χ1n) is 8.32. The van der Waals surface area contributed by atoms with Gasteiger partial charge in [0.05, 0.1) is 18.1 Å². The van der Waals surface area contributed by atoms with E-state index in [4.69, 9.17) is 0 Å². The molecule has 6 heteroatoms. The van der Waals surface area contributed by atoms with Gasteiger partial charge in [-0.05, 0) is 30.8 Å². The summed E-state index contributed by atoms with van der Waals surface area (Å²) >= 11 is 0. The van der Waals surface area contributed by atoms with Crippen molar-refractivity contribution in [2.45, 2.75) is 6.54 Å². The van der Waals surface area contributed by atoms with Crippen molar-refractivity contribution in [2.24, 2.45) is 0 Å². The number of aromatic amines is 1. The molecule has 0 amide bonds. The summed E-state index contributed by atoms with van der Waals surface area (Å²) in [5, 5.41) is 11.3. The first-order chi connectivity index (χ1) is 11.8. The Kier molecular flexibility index (Phi) is 4.15. The zero-order chi connectivity index (χ0) is 16.4. The number of rotatable bonds is 4. The number of nitrogens with zero attached hydrogens (tertiary/aromatic N) is 4. The van der Waals surface area contributed by atoms with Gasteiger partial charge in [0.15, 0.2) is 5.65 Å². The van der Waals surface area contributed by atoms with E-state index in [1.165, 1.54) is 5.56 Å². The molecule has 1 saturated heterocycles. The maximum atomic E-state index is 4.35. The van der Waals surface area contributed by atoms with E-state index in [1.807, 2.05) is 12.3 Å². The molecule has 4 rings (SSSR count). The van der Waals surface area contributed by atoms with Crippen LogP contribution in [0.1, 0.15) is 5.56 Å². The lowest BCUT2D eigenvalue weighted by atomic mass is 10.1. The fourth-order valence-electron chi connectivity index (χ4n) is 3.03. The summed E-state index contributed by atoms with van der Waals surface area (Å²) in [4.78, 5) is 9.24. The van der Waals surface area contributed by atoms with Crippen molar-refractivity contribution in [3.63, 3.8) is 0 Å². The summed E-state index contributed by atoms with van der Waals surface area (Å²) in [7, 11) is 2.19. The van der Waals surface area contributed by atoms with E-state index in [-0.39, 0.29) is 0 Å². The van der Waals surface area contributed by atoms with E-state index < -0.39 is 0 Å². The topological polar surface area (TPSA) is 60.1 Å². The van der Waals surface area contributed by atoms with Crippen molar-refractivity contribution >= 4 is 22.4 Å². The zero-order valence-electron chi connectivity index (χ0n) is 13.9. The van der Waals surface area contributed by atoms with E-state index in [9.17, 15) is 0 Å². The van der Waals surface area contributed by atoms with Crippen molar-refractivity contribution in [2.75, 3.05) is 38.5 Å². The molecule has 1 aliphatic rings. The van der Waals surface area contributed by atoms with E-state index in [1.54, 1.807) is 6.20 Å². The third-order valence-electron chi connectivity index (χ3n) is 4.54. The van der Waals surface area contributed by atoms with Crippen LogP contribution in [-0.4, -0.2) is 58.2 Å². The molecular formula is C18H22N6. The number of H-pyrrole nitrogens is 1. The molecule has 0 atom stereocenters. The van der Waals surface area contributed by atoms with Crippen LogP contribution in [0, 0.1) is 0 Å². The summed E-state index contributed by atoms with van der Waals surface area (Å²) in [6.07, 6.45) is 3.60. The third kappa shape index (κ3) is 3.39. The van der Waals surface area contributed by atoms with Crippen LogP contribution in [0.3, 0.4) is 0 Å². The average molecular weight is 322 g/mol. The lowest BCUT2D eigenvalue weighted by molar-refractivity contribution is 0.148. The lowest BCUT2D eigenvalue weighted by Gasteiger charge is -2.32. The Hall–Kier alpha value is -2.44. The highest BCUT2D eigenvalue weighted by atomic mass is 15.2. The van der Waals surface area contributed by atoms with Gasteiger partial charge in [-0.2, -0.15) is 5.10 Å². The van der Waals surface area contributed by atoms with Gasteiger partial charge in [-0.3, -0.25) is 10.00 Å². The highest BCUT2D eigenvalue weighted by Crippen LogP contribution is 2.20. The van der Waals surface area contributed by atoms with E-state index in [0.29, 0.717) is 0 Å². The first kappa shape index (κ1) is 15.1. The molecule has 1 fully saturated rings. The first-order valence-corrected chi connectivity index (χ1v) is 8.32. The van der Waals surface area contributed by atoms with Crippen molar-refractivity contribution in [3.05, 3.63) is 48.3 Å². The molecule has 0 aliphatic carbocycles. The molecular weight excluding hydrogens is 300 g/mol. The fourth-order valence-corrected chi connectivity index (χ4v) is 3.03. The maximum Gasteiger partial charge on any atom is 0.155 e. The molecule has 3 aromatic rings. The van der Waals surface area contributed by atoms with Crippen LogP contribution in [0.15, 0.2) is 42.7 Å². The summed E-state index contributed by atoms with van der Waals surface area (Å²) in [5.41, 5.74) is 4.20. The number of anilines is 2. The van der Waals surface area contributed by atoms with Crippen LogP contribution in [0.25, 0.3) is 11.0 Å². The van der Waals surface area contributed by atoms with Crippen LogP contribution in [0.4, 0.5) is 11.4 Å². The van der Waals surface area contributed by atoms with Crippen molar-refractivity contribution in [1.82, 2.24) is 25.0 Å². The highest BCUT2D eigenvalue weighted by Gasteiger charge is 2.13. The van der Waals surface area contributed by atoms with E-state index in [2.05, 4.69) is 61.6 Å². The number of hydrogen-bond acceptors (Lipinski definition) is 5. The molecule has 0 bridgehead atoms.